The van der Waals surface area contributed by atoms with Gasteiger partial charge in [-0.2, -0.15) is 0 Å². The lowest BCUT2D eigenvalue weighted by Gasteiger charge is -2.40. The quantitative estimate of drug-likeness (QED) is 0.534. The molecule has 0 bridgehead atoms. The minimum absolute atomic E-state index is 0.155. The molecule has 0 saturated carbocycles. The number of piperazine rings is 1. The van der Waals surface area contributed by atoms with E-state index in [1.54, 1.807) is 0 Å². The number of imidazole rings is 1. The molecule has 2 aliphatic heterocycles. The van der Waals surface area contributed by atoms with Crippen molar-refractivity contribution < 1.29 is 4.79 Å². The van der Waals surface area contributed by atoms with Gasteiger partial charge in [0.05, 0.1) is 17.6 Å². The monoisotopic (exact) mass is 473 g/mol. The van der Waals surface area contributed by atoms with Gasteiger partial charge in [0.2, 0.25) is 5.91 Å². The van der Waals surface area contributed by atoms with Gasteiger partial charge in [0.25, 0.3) is 0 Å². The number of amides is 1. The zero-order valence-corrected chi connectivity index (χ0v) is 21.7. The summed E-state index contributed by atoms with van der Waals surface area (Å²) in [4.78, 5) is 25.3. The Bertz CT molecular complexity index is 1180. The largest absolute Gasteiger partial charge is 0.368 e. The zero-order chi connectivity index (χ0) is 24.5. The Hall–Kier alpha value is -2.86. The van der Waals surface area contributed by atoms with Crippen molar-refractivity contribution in [2.45, 2.75) is 53.1 Å². The number of carbonyl (C=O) groups excluding carboxylic acids is 1. The van der Waals surface area contributed by atoms with Crippen LogP contribution in [0.1, 0.15) is 49.7 Å². The molecule has 186 valence electrons. The molecule has 0 radical (unpaired) electrons. The molecule has 3 aromatic rings. The number of nitrogens with zero attached hydrogens (tertiary/aromatic N) is 5. The zero-order valence-electron chi connectivity index (χ0n) is 21.7. The highest BCUT2D eigenvalue weighted by Gasteiger charge is 2.31. The molecule has 0 spiro atoms. The van der Waals surface area contributed by atoms with E-state index >= 15 is 0 Å². The fourth-order valence-electron chi connectivity index (χ4n) is 5.82. The van der Waals surface area contributed by atoms with Gasteiger partial charge in [0.1, 0.15) is 5.82 Å². The predicted octanol–water partition coefficient (Wildman–Crippen LogP) is 4.79. The second-order valence-electron chi connectivity index (χ2n) is 10.6. The summed E-state index contributed by atoms with van der Waals surface area (Å²) in [5.74, 6) is 1.65. The molecule has 0 aliphatic carbocycles. The van der Waals surface area contributed by atoms with Crippen molar-refractivity contribution in [3.8, 4) is 0 Å². The van der Waals surface area contributed by atoms with Crippen molar-refractivity contribution in [2.24, 2.45) is 5.92 Å². The van der Waals surface area contributed by atoms with E-state index in [9.17, 15) is 4.79 Å². The van der Waals surface area contributed by atoms with E-state index in [0.717, 1.165) is 70.0 Å². The molecule has 0 N–H and O–H groups in total. The highest BCUT2D eigenvalue weighted by molar-refractivity contribution is 5.79. The highest BCUT2D eigenvalue weighted by atomic mass is 16.2. The summed E-state index contributed by atoms with van der Waals surface area (Å²) in [6.07, 6.45) is 1.88. The Labute approximate surface area is 209 Å². The third kappa shape index (κ3) is 4.81. The number of para-hydroxylation sites is 2. The molecular formula is C29H39N5O. The lowest BCUT2D eigenvalue weighted by Crippen LogP contribution is -2.51. The number of aromatic nitrogens is 2. The predicted molar refractivity (Wildman–Crippen MR) is 143 cm³/mol. The number of rotatable bonds is 5. The van der Waals surface area contributed by atoms with Gasteiger partial charge >= 0.3 is 0 Å². The third-order valence-corrected chi connectivity index (χ3v) is 8.00. The van der Waals surface area contributed by atoms with E-state index < -0.39 is 0 Å². The van der Waals surface area contributed by atoms with E-state index in [0.29, 0.717) is 11.9 Å². The van der Waals surface area contributed by atoms with Gasteiger partial charge in [-0.1, -0.05) is 24.3 Å². The first kappa shape index (κ1) is 23.9. The Morgan fingerprint density at radius 1 is 0.943 bits per heavy atom. The van der Waals surface area contributed by atoms with Gasteiger partial charge < -0.3 is 14.4 Å². The Morgan fingerprint density at radius 3 is 2.37 bits per heavy atom. The molecular weight excluding hydrogens is 434 g/mol. The molecule has 2 aliphatic rings. The number of carbonyl (C=O) groups is 1. The Kier molecular flexibility index (Phi) is 6.83. The van der Waals surface area contributed by atoms with Crippen LogP contribution in [0.15, 0.2) is 42.5 Å². The number of likely N-dealkylation sites (tertiary alicyclic amines) is 1. The molecule has 1 amide bonds. The van der Waals surface area contributed by atoms with E-state index in [2.05, 4.69) is 89.4 Å². The maximum Gasteiger partial charge on any atom is 0.225 e. The summed E-state index contributed by atoms with van der Waals surface area (Å²) in [5.41, 5.74) is 6.28. The normalized spacial score (nSPS) is 18.1. The summed E-state index contributed by atoms with van der Waals surface area (Å²) in [6.45, 7) is 15.1. The van der Waals surface area contributed by atoms with Crippen LogP contribution in [0.25, 0.3) is 11.0 Å². The number of hydrogen-bond acceptors (Lipinski definition) is 4. The number of fused-ring (bicyclic) bond motifs is 1. The van der Waals surface area contributed by atoms with Crippen molar-refractivity contribution in [1.29, 1.82) is 0 Å². The average Bonchev–Trinajstić information content (AvgIpc) is 3.24. The fourth-order valence-corrected chi connectivity index (χ4v) is 5.82. The Morgan fingerprint density at radius 2 is 1.66 bits per heavy atom. The molecule has 1 aromatic heterocycles. The Balaban J connectivity index is 1.16. The number of hydrogen-bond donors (Lipinski definition) is 0. The number of piperidine rings is 1. The highest BCUT2D eigenvalue weighted by Crippen LogP contribution is 2.27. The molecule has 35 heavy (non-hydrogen) atoms. The van der Waals surface area contributed by atoms with Crippen LogP contribution in [0, 0.1) is 19.8 Å². The smallest absolute Gasteiger partial charge is 0.225 e. The first-order valence-corrected chi connectivity index (χ1v) is 13.2. The molecule has 2 aromatic carbocycles. The minimum Gasteiger partial charge on any atom is -0.368 e. The minimum atomic E-state index is 0.155. The lowest BCUT2D eigenvalue weighted by molar-refractivity contribution is -0.137. The van der Waals surface area contributed by atoms with Crippen LogP contribution in [-0.2, 0) is 11.3 Å². The fraction of sp³-hybridized carbons (Fsp3) is 0.517. The summed E-state index contributed by atoms with van der Waals surface area (Å²) < 4.78 is 2.36. The third-order valence-electron chi connectivity index (χ3n) is 8.00. The molecule has 6 nitrogen and oxygen atoms in total. The molecule has 0 atom stereocenters. The van der Waals surface area contributed by atoms with Gasteiger partial charge in [0.15, 0.2) is 0 Å². The first-order chi connectivity index (χ1) is 16.9. The van der Waals surface area contributed by atoms with Gasteiger partial charge in [-0.05, 0) is 83.0 Å². The summed E-state index contributed by atoms with van der Waals surface area (Å²) in [6, 6.07) is 15.3. The average molecular weight is 474 g/mol. The number of aryl methyl sites for hydroxylation is 1. The maximum absolute atomic E-state index is 13.3. The van der Waals surface area contributed by atoms with Crippen molar-refractivity contribution in [3.63, 3.8) is 0 Å². The van der Waals surface area contributed by atoms with Crippen LogP contribution >= 0.6 is 0 Å². The molecule has 6 heteroatoms. The van der Waals surface area contributed by atoms with E-state index in [4.69, 9.17) is 4.98 Å². The van der Waals surface area contributed by atoms with Gasteiger partial charge in [0, 0.05) is 43.8 Å². The summed E-state index contributed by atoms with van der Waals surface area (Å²) in [5, 5.41) is 0. The van der Waals surface area contributed by atoms with Crippen LogP contribution < -0.4 is 4.90 Å². The van der Waals surface area contributed by atoms with Crippen LogP contribution in [0.4, 0.5) is 5.69 Å². The maximum atomic E-state index is 13.3. The second kappa shape index (κ2) is 10.0. The van der Waals surface area contributed by atoms with Gasteiger partial charge in [-0.3, -0.25) is 9.69 Å². The van der Waals surface area contributed by atoms with Crippen LogP contribution in [0.2, 0.25) is 0 Å². The first-order valence-electron chi connectivity index (χ1n) is 13.2. The van der Waals surface area contributed by atoms with E-state index in [1.807, 2.05) is 0 Å². The van der Waals surface area contributed by atoms with E-state index in [1.165, 1.54) is 22.3 Å². The molecule has 2 fully saturated rings. The van der Waals surface area contributed by atoms with Crippen LogP contribution in [0.5, 0.6) is 0 Å². The van der Waals surface area contributed by atoms with Crippen LogP contribution in [0.3, 0.4) is 0 Å². The molecule has 2 saturated heterocycles. The van der Waals surface area contributed by atoms with Crippen molar-refractivity contribution in [3.05, 3.63) is 59.4 Å². The summed E-state index contributed by atoms with van der Waals surface area (Å²) >= 11 is 0. The number of benzene rings is 2. The SMILES string of the molecule is Cc1cccc(N2CCN(C(=O)C3CCN(Cc4nc5ccccc5n4C(C)C)CC3)CC2)c1C. The van der Waals surface area contributed by atoms with Gasteiger partial charge in [-0.25, -0.2) is 4.98 Å². The van der Waals surface area contributed by atoms with E-state index in [-0.39, 0.29) is 5.92 Å². The molecule has 5 rings (SSSR count). The van der Waals surface area contributed by atoms with Crippen molar-refractivity contribution >= 4 is 22.6 Å². The number of anilines is 1. The molecule has 0 unspecified atom stereocenters. The standard InChI is InChI=1S/C29H39N5O/c1-21(2)34-27-10-6-5-9-25(27)30-28(34)20-31-14-12-24(13-15-31)29(35)33-18-16-32(17-19-33)26-11-7-8-22(3)23(26)4/h5-11,21,24H,12-20H2,1-4H3. The van der Waals surface area contributed by atoms with Crippen LogP contribution in [-0.4, -0.2) is 64.5 Å². The molecule has 3 heterocycles. The van der Waals surface area contributed by atoms with Crippen molar-refractivity contribution in [1.82, 2.24) is 19.4 Å². The topological polar surface area (TPSA) is 44.6 Å². The van der Waals surface area contributed by atoms with Gasteiger partial charge in [-0.15, -0.1) is 0 Å². The van der Waals surface area contributed by atoms with Crippen molar-refractivity contribution in [2.75, 3.05) is 44.2 Å². The summed E-state index contributed by atoms with van der Waals surface area (Å²) in [7, 11) is 0. The lowest BCUT2D eigenvalue weighted by atomic mass is 9.95. The second-order valence-corrected chi connectivity index (χ2v) is 10.6.